The number of halogens is 1. The average molecular weight is 345 g/mol. The Morgan fingerprint density at radius 3 is 2.79 bits per heavy atom. The molecule has 3 N–H and O–H groups in total. The molecule has 0 aliphatic carbocycles. The molecule has 122 valence electrons. The summed E-state index contributed by atoms with van der Waals surface area (Å²) in [5.74, 6) is -0.484. The van der Waals surface area contributed by atoms with Gasteiger partial charge in [-0.25, -0.2) is 5.43 Å². The summed E-state index contributed by atoms with van der Waals surface area (Å²) in [4.78, 5) is 12.2. The van der Waals surface area contributed by atoms with Gasteiger partial charge in [-0.3, -0.25) is 4.79 Å². The van der Waals surface area contributed by atoms with Crippen LogP contribution in [0.15, 0.2) is 45.9 Å². The monoisotopic (exact) mass is 344 g/mol. The number of nitrogens with one attached hydrogen (secondary N) is 1. The minimum atomic E-state index is -0.569. The Morgan fingerprint density at radius 2 is 2.04 bits per heavy atom. The third-order valence-electron chi connectivity index (χ3n) is 3.50. The Bertz CT molecular complexity index is 963. The summed E-state index contributed by atoms with van der Waals surface area (Å²) in [6, 6.07) is 9.28. The number of phenolic OH excluding ortho intramolecular Hbond substituents is 2. The predicted molar refractivity (Wildman–Crippen MR) is 90.8 cm³/mol. The standard InChI is InChI=1S/C17H13ClN2O4/c1-9-15-13(22)3-2-4-14(15)24-16(9)17(23)20-19-8-10-7-11(18)5-6-12(10)21/h2-8,21-22H,1H3,(H,20,23)/b19-8-. The Balaban J connectivity index is 1.83. The second kappa shape index (κ2) is 6.25. The van der Waals surface area contributed by atoms with Crippen molar-refractivity contribution in [1.82, 2.24) is 5.43 Å². The number of hydrogen-bond acceptors (Lipinski definition) is 5. The second-order valence-electron chi connectivity index (χ2n) is 5.11. The van der Waals surface area contributed by atoms with Crippen molar-refractivity contribution in [2.45, 2.75) is 6.92 Å². The average Bonchev–Trinajstić information content (AvgIpc) is 2.89. The first-order valence-corrected chi connectivity index (χ1v) is 7.38. The number of nitrogens with zero attached hydrogens (tertiary/aromatic N) is 1. The summed E-state index contributed by atoms with van der Waals surface area (Å²) < 4.78 is 5.47. The molecule has 0 saturated heterocycles. The van der Waals surface area contributed by atoms with Crippen LogP contribution in [0.2, 0.25) is 5.02 Å². The van der Waals surface area contributed by atoms with E-state index >= 15 is 0 Å². The van der Waals surface area contributed by atoms with Gasteiger partial charge in [-0.1, -0.05) is 17.7 Å². The number of benzene rings is 2. The van der Waals surface area contributed by atoms with Gasteiger partial charge in [0.15, 0.2) is 5.76 Å². The molecule has 0 spiro atoms. The number of hydrogen-bond donors (Lipinski definition) is 3. The van der Waals surface area contributed by atoms with Gasteiger partial charge in [0, 0.05) is 16.1 Å². The summed E-state index contributed by atoms with van der Waals surface area (Å²) >= 11 is 5.84. The molecule has 0 radical (unpaired) electrons. The molecule has 3 aromatic rings. The van der Waals surface area contributed by atoms with Gasteiger partial charge in [0.05, 0.1) is 11.6 Å². The first-order valence-electron chi connectivity index (χ1n) is 7.00. The Kier molecular flexibility index (Phi) is 4.14. The molecule has 0 bridgehead atoms. The van der Waals surface area contributed by atoms with Gasteiger partial charge in [-0.2, -0.15) is 5.10 Å². The molecule has 0 aliphatic heterocycles. The number of phenols is 2. The van der Waals surface area contributed by atoms with Crippen LogP contribution in [0.25, 0.3) is 11.0 Å². The molecule has 0 saturated carbocycles. The van der Waals surface area contributed by atoms with Crippen LogP contribution >= 0.6 is 11.6 Å². The van der Waals surface area contributed by atoms with Gasteiger partial charge in [-0.05, 0) is 37.3 Å². The topological polar surface area (TPSA) is 95.1 Å². The Hall–Kier alpha value is -2.99. The van der Waals surface area contributed by atoms with Crippen molar-refractivity contribution in [1.29, 1.82) is 0 Å². The lowest BCUT2D eigenvalue weighted by molar-refractivity contribution is 0.0929. The van der Waals surface area contributed by atoms with Crippen LogP contribution in [0.3, 0.4) is 0 Å². The number of aromatic hydroxyl groups is 2. The molecule has 0 unspecified atom stereocenters. The molecule has 0 fully saturated rings. The lowest BCUT2D eigenvalue weighted by Gasteiger charge is -2.00. The zero-order chi connectivity index (χ0) is 17.3. The van der Waals surface area contributed by atoms with Gasteiger partial charge in [0.2, 0.25) is 0 Å². The molecule has 1 heterocycles. The lowest BCUT2D eigenvalue weighted by Crippen LogP contribution is -2.17. The Labute approximate surface area is 142 Å². The fourth-order valence-corrected chi connectivity index (χ4v) is 2.52. The molecule has 2 aromatic carbocycles. The molecular formula is C17H13ClN2O4. The van der Waals surface area contributed by atoms with E-state index in [0.717, 1.165) is 0 Å². The summed E-state index contributed by atoms with van der Waals surface area (Å²) in [7, 11) is 0. The van der Waals surface area contributed by atoms with Crippen molar-refractivity contribution >= 4 is 34.7 Å². The molecule has 6 nitrogen and oxygen atoms in total. The van der Waals surface area contributed by atoms with Crippen molar-refractivity contribution in [3.05, 3.63) is 58.3 Å². The SMILES string of the molecule is Cc1c(C(=O)N/N=C\c2cc(Cl)ccc2O)oc2cccc(O)c12. The highest BCUT2D eigenvalue weighted by atomic mass is 35.5. The molecule has 24 heavy (non-hydrogen) atoms. The number of rotatable bonds is 3. The number of aryl methyl sites for hydroxylation is 1. The fourth-order valence-electron chi connectivity index (χ4n) is 2.34. The third kappa shape index (κ3) is 2.91. The van der Waals surface area contributed by atoms with Crippen LogP contribution in [0.1, 0.15) is 21.7 Å². The molecule has 7 heteroatoms. The van der Waals surface area contributed by atoms with Gasteiger partial charge >= 0.3 is 5.91 Å². The van der Waals surface area contributed by atoms with Crippen LogP contribution in [-0.4, -0.2) is 22.3 Å². The highest BCUT2D eigenvalue weighted by molar-refractivity contribution is 6.30. The maximum absolute atomic E-state index is 12.2. The minimum Gasteiger partial charge on any atom is -0.507 e. The number of carbonyl (C=O) groups excluding carboxylic acids is 1. The van der Waals surface area contributed by atoms with Crippen molar-refractivity contribution in [3.8, 4) is 11.5 Å². The van der Waals surface area contributed by atoms with E-state index in [1.807, 2.05) is 0 Å². The normalized spacial score (nSPS) is 11.2. The Morgan fingerprint density at radius 1 is 1.25 bits per heavy atom. The van der Waals surface area contributed by atoms with Gasteiger partial charge in [0.25, 0.3) is 0 Å². The van der Waals surface area contributed by atoms with E-state index in [-0.39, 0.29) is 17.3 Å². The molecule has 0 aliphatic rings. The number of furan rings is 1. The van der Waals surface area contributed by atoms with Gasteiger partial charge < -0.3 is 14.6 Å². The van der Waals surface area contributed by atoms with Gasteiger partial charge in [0.1, 0.15) is 17.1 Å². The smallest absolute Gasteiger partial charge is 0.307 e. The third-order valence-corrected chi connectivity index (χ3v) is 3.73. The molecular weight excluding hydrogens is 332 g/mol. The lowest BCUT2D eigenvalue weighted by atomic mass is 10.1. The summed E-state index contributed by atoms with van der Waals surface area (Å²) in [6.07, 6.45) is 1.27. The van der Waals surface area contributed by atoms with E-state index < -0.39 is 5.91 Å². The summed E-state index contributed by atoms with van der Waals surface area (Å²) in [5, 5.41) is 24.3. The van der Waals surface area contributed by atoms with E-state index in [1.165, 1.54) is 30.5 Å². The minimum absolute atomic E-state index is 0.0118. The highest BCUT2D eigenvalue weighted by Crippen LogP contribution is 2.32. The highest BCUT2D eigenvalue weighted by Gasteiger charge is 2.19. The molecule has 1 amide bonds. The summed E-state index contributed by atoms with van der Waals surface area (Å²) in [6.45, 7) is 1.67. The number of carbonyl (C=O) groups is 1. The largest absolute Gasteiger partial charge is 0.507 e. The first kappa shape index (κ1) is 15.9. The van der Waals surface area contributed by atoms with Crippen LogP contribution in [0.4, 0.5) is 0 Å². The molecule has 3 rings (SSSR count). The first-order chi connectivity index (χ1) is 11.5. The van der Waals surface area contributed by atoms with Crippen molar-refractivity contribution < 1.29 is 19.4 Å². The molecule has 0 atom stereocenters. The van der Waals surface area contributed by atoms with Gasteiger partial charge in [-0.15, -0.1) is 0 Å². The quantitative estimate of drug-likeness (QED) is 0.500. The fraction of sp³-hybridized carbons (Fsp3) is 0.0588. The summed E-state index contributed by atoms with van der Waals surface area (Å²) in [5.41, 5.74) is 3.61. The van der Waals surface area contributed by atoms with Crippen LogP contribution < -0.4 is 5.43 Å². The molecule has 1 aromatic heterocycles. The zero-order valence-corrected chi connectivity index (χ0v) is 13.3. The van der Waals surface area contributed by atoms with E-state index in [1.54, 1.807) is 19.1 Å². The predicted octanol–water partition coefficient (Wildman–Crippen LogP) is 3.57. The van der Waals surface area contributed by atoms with Crippen LogP contribution in [0.5, 0.6) is 11.5 Å². The second-order valence-corrected chi connectivity index (χ2v) is 5.55. The van der Waals surface area contributed by atoms with Crippen LogP contribution in [-0.2, 0) is 0 Å². The number of hydrazone groups is 1. The zero-order valence-electron chi connectivity index (χ0n) is 12.6. The van der Waals surface area contributed by atoms with Crippen molar-refractivity contribution in [3.63, 3.8) is 0 Å². The number of amides is 1. The van der Waals surface area contributed by atoms with Crippen LogP contribution in [0, 0.1) is 6.92 Å². The number of fused-ring (bicyclic) bond motifs is 1. The van der Waals surface area contributed by atoms with Crippen molar-refractivity contribution in [2.75, 3.05) is 0 Å². The maximum Gasteiger partial charge on any atom is 0.307 e. The van der Waals surface area contributed by atoms with E-state index in [9.17, 15) is 15.0 Å². The van der Waals surface area contributed by atoms with E-state index in [0.29, 0.717) is 27.1 Å². The van der Waals surface area contributed by atoms with E-state index in [2.05, 4.69) is 10.5 Å². The van der Waals surface area contributed by atoms with Crippen molar-refractivity contribution in [2.24, 2.45) is 5.10 Å². The van der Waals surface area contributed by atoms with E-state index in [4.69, 9.17) is 16.0 Å². The maximum atomic E-state index is 12.2.